The lowest BCUT2D eigenvalue weighted by molar-refractivity contribution is -0.120. The van der Waals surface area contributed by atoms with Gasteiger partial charge in [-0.2, -0.15) is 0 Å². The number of unbranched alkanes of at least 4 members (excludes halogenated alkanes) is 2. The molecule has 0 saturated carbocycles. The van der Waals surface area contributed by atoms with Crippen molar-refractivity contribution in [3.05, 3.63) is 29.8 Å². The van der Waals surface area contributed by atoms with Crippen LogP contribution < -0.4 is 5.32 Å². The predicted molar refractivity (Wildman–Crippen MR) is 81.3 cm³/mol. The van der Waals surface area contributed by atoms with Crippen molar-refractivity contribution in [3.8, 4) is 0 Å². The van der Waals surface area contributed by atoms with Gasteiger partial charge in [0.05, 0.1) is 10.8 Å². The van der Waals surface area contributed by atoms with E-state index in [1.54, 1.807) is 31.2 Å². The lowest BCUT2D eigenvalue weighted by Gasteiger charge is -2.13. The summed E-state index contributed by atoms with van der Waals surface area (Å²) in [6.07, 6.45) is 3.20. The number of carbonyl (C=O) groups is 2. The van der Waals surface area contributed by atoms with Crippen LogP contribution in [0, 0.1) is 0 Å². The first-order valence-electron chi connectivity index (χ1n) is 6.83. The highest BCUT2D eigenvalue weighted by Crippen LogP contribution is 2.26. The van der Waals surface area contributed by atoms with E-state index >= 15 is 0 Å². The first kappa shape index (κ1) is 16.6. The molecule has 0 saturated heterocycles. The third-order valence-electron chi connectivity index (χ3n) is 2.87. The van der Waals surface area contributed by atoms with Crippen molar-refractivity contribution >= 4 is 23.6 Å². The van der Waals surface area contributed by atoms with Gasteiger partial charge in [0.25, 0.3) is 0 Å². The van der Waals surface area contributed by atoms with Gasteiger partial charge in [-0.3, -0.25) is 4.79 Å². The van der Waals surface area contributed by atoms with Crippen LogP contribution in [-0.2, 0) is 4.79 Å². The highest BCUT2D eigenvalue weighted by molar-refractivity contribution is 8.00. The van der Waals surface area contributed by atoms with Gasteiger partial charge in [-0.25, -0.2) is 4.79 Å². The molecule has 1 atom stereocenters. The maximum atomic E-state index is 11.9. The lowest BCUT2D eigenvalue weighted by Crippen LogP contribution is -2.31. The maximum Gasteiger partial charge on any atom is 0.336 e. The van der Waals surface area contributed by atoms with Crippen LogP contribution in [0.1, 0.15) is 43.5 Å². The van der Waals surface area contributed by atoms with Gasteiger partial charge in [0.1, 0.15) is 0 Å². The van der Waals surface area contributed by atoms with Crippen LogP contribution in [0.5, 0.6) is 0 Å². The summed E-state index contributed by atoms with van der Waals surface area (Å²) in [6.45, 7) is 4.58. The molecule has 0 aliphatic heterocycles. The fourth-order valence-corrected chi connectivity index (χ4v) is 2.73. The molecule has 1 aromatic rings. The van der Waals surface area contributed by atoms with Crippen molar-refractivity contribution in [2.24, 2.45) is 0 Å². The molecule has 0 heterocycles. The number of rotatable bonds is 8. The molecule has 1 unspecified atom stereocenters. The first-order valence-corrected chi connectivity index (χ1v) is 7.71. The third kappa shape index (κ3) is 5.25. The average Bonchev–Trinajstić information content (AvgIpc) is 2.43. The molecule has 110 valence electrons. The van der Waals surface area contributed by atoms with Gasteiger partial charge in [0.2, 0.25) is 5.91 Å². The molecule has 0 fully saturated rings. The molecular weight excluding hydrogens is 274 g/mol. The summed E-state index contributed by atoms with van der Waals surface area (Å²) < 4.78 is 0. The molecule has 20 heavy (non-hydrogen) atoms. The van der Waals surface area contributed by atoms with Gasteiger partial charge < -0.3 is 10.4 Å². The van der Waals surface area contributed by atoms with Crippen LogP contribution in [-0.4, -0.2) is 28.8 Å². The topological polar surface area (TPSA) is 66.4 Å². The number of hydrogen-bond donors (Lipinski definition) is 2. The van der Waals surface area contributed by atoms with Gasteiger partial charge >= 0.3 is 5.97 Å². The van der Waals surface area contributed by atoms with Crippen molar-refractivity contribution in [2.45, 2.75) is 43.3 Å². The Morgan fingerprint density at radius 2 is 2.00 bits per heavy atom. The summed E-state index contributed by atoms with van der Waals surface area (Å²) in [4.78, 5) is 23.6. The van der Waals surface area contributed by atoms with E-state index in [9.17, 15) is 9.59 Å². The molecule has 1 rings (SSSR count). The number of carbonyl (C=O) groups excluding carboxylic acids is 1. The van der Waals surface area contributed by atoms with Gasteiger partial charge in [-0.05, 0) is 25.5 Å². The highest BCUT2D eigenvalue weighted by Gasteiger charge is 2.17. The van der Waals surface area contributed by atoms with E-state index in [0.717, 1.165) is 19.3 Å². The van der Waals surface area contributed by atoms with Crippen LogP contribution >= 0.6 is 11.8 Å². The van der Waals surface area contributed by atoms with Gasteiger partial charge in [0.15, 0.2) is 0 Å². The number of aromatic carboxylic acids is 1. The van der Waals surface area contributed by atoms with E-state index in [0.29, 0.717) is 11.4 Å². The van der Waals surface area contributed by atoms with Gasteiger partial charge in [-0.1, -0.05) is 31.9 Å². The van der Waals surface area contributed by atoms with Crippen LogP contribution in [0.15, 0.2) is 29.2 Å². The van der Waals surface area contributed by atoms with Crippen molar-refractivity contribution in [2.75, 3.05) is 6.54 Å². The number of benzene rings is 1. The molecule has 1 amide bonds. The second-order valence-electron chi connectivity index (χ2n) is 4.56. The van der Waals surface area contributed by atoms with Crippen LogP contribution in [0.4, 0.5) is 0 Å². The fourth-order valence-electron chi connectivity index (χ4n) is 1.72. The number of carboxylic acids is 1. The first-order chi connectivity index (χ1) is 9.56. The summed E-state index contributed by atoms with van der Waals surface area (Å²) in [5.74, 6) is -1.02. The molecule has 1 aromatic carbocycles. The fraction of sp³-hybridized carbons (Fsp3) is 0.467. The van der Waals surface area contributed by atoms with Crippen molar-refractivity contribution in [1.29, 1.82) is 0 Å². The molecule has 0 bridgehead atoms. The average molecular weight is 295 g/mol. The van der Waals surface area contributed by atoms with Gasteiger partial charge in [-0.15, -0.1) is 11.8 Å². The van der Waals surface area contributed by atoms with Crippen LogP contribution in [0.3, 0.4) is 0 Å². The number of hydrogen-bond acceptors (Lipinski definition) is 3. The standard InChI is InChI=1S/C15H21NO3S/c1-3-4-7-10-16-14(17)11(2)20-13-9-6-5-8-12(13)15(18)19/h5-6,8-9,11H,3-4,7,10H2,1-2H3,(H,16,17)(H,18,19). The van der Waals surface area contributed by atoms with E-state index in [1.807, 2.05) is 0 Å². The Kier molecular flexibility index (Phi) is 7.15. The normalized spacial score (nSPS) is 11.9. The number of amides is 1. The van der Waals surface area contributed by atoms with E-state index in [1.165, 1.54) is 11.8 Å². The summed E-state index contributed by atoms with van der Waals surface area (Å²) in [7, 11) is 0. The molecule has 2 N–H and O–H groups in total. The lowest BCUT2D eigenvalue weighted by atomic mass is 10.2. The Morgan fingerprint density at radius 1 is 1.30 bits per heavy atom. The second kappa shape index (κ2) is 8.64. The third-order valence-corrected chi connectivity index (χ3v) is 4.05. The second-order valence-corrected chi connectivity index (χ2v) is 5.94. The number of carboxylic acid groups (broad SMARTS) is 1. The molecule has 5 heteroatoms. The quantitative estimate of drug-likeness (QED) is 0.571. The number of thioether (sulfide) groups is 1. The zero-order chi connectivity index (χ0) is 15.0. The molecule has 4 nitrogen and oxygen atoms in total. The van der Waals surface area contributed by atoms with E-state index < -0.39 is 5.97 Å². The zero-order valence-electron chi connectivity index (χ0n) is 11.9. The largest absolute Gasteiger partial charge is 0.478 e. The summed E-state index contributed by atoms with van der Waals surface area (Å²) in [6, 6.07) is 6.75. The Bertz CT molecular complexity index is 462. The van der Waals surface area contributed by atoms with Crippen LogP contribution in [0.2, 0.25) is 0 Å². The summed E-state index contributed by atoms with van der Waals surface area (Å²) in [5, 5.41) is 11.7. The zero-order valence-corrected chi connectivity index (χ0v) is 12.7. The Hall–Kier alpha value is -1.49. The molecule has 0 aliphatic carbocycles. The molecule has 0 spiro atoms. The van der Waals surface area contributed by atoms with Gasteiger partial charge in [0, 0.05) is 11.4 Å². The minimum atomic E-state index is -0.969. The Morgan fingerprint density at radius 3 is 2.65 bits per heavy atom. The van der Waals surface area contributed by atoms with Crippen LogP contribution in [0.25, 0.3) is 0 Å². The Balaban J connectivity index is 2.55. The minimum absolute atomic E-state index is 0.0497. The Labute approximate surface area is 124 Å². The maximum absolute atomic E-state index is 11.9. The number of nitrogens with one attached hydrogen (secondary N) is 1. The highest BCUT2D eigenvalue weighted by atomic mass is 32.2. The molecule has 0 aromatic heterocycles. The van der Waals surface area contributed by atoms with E-state index in [4.69, 9.17) is 5.11 Å². The van der Waals surface area contributed by atoms with Crippen molar-refractivity contribution in [3.63, 3.8) is 0 Å². The van der Waals surface area contributed by atoms with Crippen molar-refractivity contribution < 1.29 is 14.7 Å². The smallest absolute Gasteiger partial charge is 0.336 e. The SMILES string of the molecule is CCCCCNC(=O)C(C)Sc1ccccc1C(=O)O. The summed E-state index contributed by atoms with van der Waals surface area (Å²) >= 11 is 1.28. The van der Waals surface area contributed by atoms with E-state index in [2.05, 4.69) is 12.2 Å². The predicted octanol–water partition coefficient (Wildman–Crippen LogP) is 3.17. The molecular formula is C15H21NO3S. The monoisotopic (exact) mass is 295 g/mol. The van der Waals surface area contributed by atoms with Crippen molar-refractivity contribution in [1.82, 2.24) is 5.32 Å². The molecule has 0 radical (unpaired) electrons. The van der Waals surface area contributed by atoms with E-state index in [-0.39, 0.29) is 16.7 Å². The minimum Gasteiger partial charge on any atom is -0.478 e. The summed E-state index contributed by atoms with van der Waals surface area (Å²) in [5.41, 5.74) is 0.239. The molecule has 0 aliphatic rings.